The highest BCUT2D eigenvalue weighted by Gasteiger charge is 2.13. The molecule has 2 N–H and O–H groups in total. The molecule has 0 aliphatic carbocycles. The van der Waals surface area contributed by atoms with E-state index < -0.39 is 10.0 Å². The third-order valence-electron chi connectivity index (χ3n) is 3.73. The first-order chi connectivity index (χ1) is 12.4. The number of rotatable bonds is 6. The zero-order chi connectivity index (χ0) is 18.6. The van der Waals surface area contributed by atoms with Crippen LogP contribution in [0.25, 0.3) is 0 Å². The van der Waals surface area contributed by atoms with Crippen molar-refractivity contribution >= 4 is 33.1 Å². The van der Waals surface area contributed by atoms with Gasteiger partial charge in [-0.1, -0.05) is 41.4 Å². The second-order valence-electron chi connectivity index (χ2n) is 5.83. The molecule has 0 spiro atoms. The van der Waals surface area contributed by atoms with Gasteiger partial charge in [0.2, 0.25) is 0 Å². The Kier molecular flexibility index (Phi) is 5.44. The summed E-state index contributed by atoms with van der Waals surface area (Å²) in [5.41, 5.74) is 2.48. The van der Waals surface area contributed by atoms with E-state index in [1.54, 1.807) is 36.4 Å². The molecular formula is C19H18ClN3O2S. The lowest BCUT2D eigenvalue weighted by Crippen LogP contribution is -2.13. The smallest absolute Gasteiger partial charge is 0.261 e. The summed E-state index contributed by atoms with van der Waals surface area (Å²) in [6, 6.07) is 17.6. The lowest BCUT2D eigenvalue weighted by atomic mass is 10.2. The summed E-state index contributed by atoms with van der Waals surface area (Å²) in [5, 5.41) is 3.87. The molecular weight excluding hydrogens is 370 g/mol. The van der Waals surface area contributed by atoms with Crippen LogP contribution in [0, 0.1) is 6.92 Å². The van der Waals surface area contributed by atoms with Crippen LogP contribution in [0.4, 0.5) is 11.5 Å². The maximum atomic E-state index is 12.4. The van der Waals surface area contributed by atoms with E-state index in [1.807, 2.05) is 31.2 Å². The number of nitrogens with one attached hydrogen (secondary N) is 2. The van der Waals surface area contributed by atoms with E-state index in [9.17, 15) is 8.42 Å². The van der Waals surface area contributed by atoms with Gasteiger partial charge in [-0.2, -0.15) is 0 Å². The molecule has 2 aromatic carbocycles. The van der Waals surface area contributed by atoms with E-state index in [4.69, 9.17) is 11.6 Å². The minimum absolute atomic E-state index is 0.216. The molecule has 0 bridgehead atoms. The number of nitrogens with zero attached hydrogens (tertiary/aromatic N) is 1. The summed E-state index contributed by atoms with van der Waals surface area (Å²) in [7, 11) is -3.63. The number of sulfonamides is 1. The fourth-order valence-electron chi connectivity index (χ4n) is 2.29. The molecule has 26 heavy (non-hydrogen) atoms. The lowest BCUT2D eigenvalue weighted by Gasteiger charge is -2.10. The van der Waals surface area contributed by atoms with Crippen molar-refractivity contribution in [3.05, 3.63) is 83.0 Å². The number of benzene rings is 2. The first kappa shape index (κ1) is 18.2. The van der Waals surface area contributed by atoms with Crippen molar-refractivity contribution in [3.8, 4) is 0 Å². The van der Waals surface area contributed by atoms with Gasteiger partial charge in [0.15, 0.2) is 0 Å². The van der Waals surface area contributed by atoms with Crippen molar-refractivity contribution < 1.29 is 8.42 Å². The van der Waals surface area contributed by atoms with E-state index in [-0.39, 0.29) is 4.90 Å². The molecule has 3 rings (SSSR count). The Morgan fingerprint density at radius 2 is 1.65 bits per heavy atom. The van der Waals surface area contributed by atoms with Gasteiger partial charge in [0, 0.05) is 11.6 Å². The number of hydrogen-bond donors (Lipinski definition) is 2. The third kappa shape index (κ3) is 4.74. The van der Waals surface area contributed by atoms with Crippen LogP contribution in [0.1, 0.15) is 11.1 Å². The van der Waals surface area contributed by atoms with Crippen LogP contribution in [0.3, 0.4) is 0 Å². The molecule has 7 heteroatoms. The normalized spacial score (nSPS) is 11.2. The fraction of sp³-hybridized carbons (Fsp3) is 0.105. The van der Waals surface area contributed by atoms with E-state index in [2.05, 4.69) is 15.0 Å². The number of pyridine rings is 1. The van der Waals surface area contributed by atoms with E-state index in [0.717, 1.165) is 11.1 Å². The molecule has 0 saturated heterocycles. The van der Waals surface area contributed by atoms with Crippen LogP contribution in [-0.4, -0.2) is 13.4 Å². The monoisotopic (exact) mass is 387 g/mol. The molecule has 134 valence electrons. The van der Waals surface area contributed by atoms with Crippen LogP contribution >= 0.6 is 11.6 Å². The summed E-state index contributed by atoms with van der Waals surface area (Å²) >= 11 is 5.86. The zero-order valence-corrected chi connectivity index (χ0v) is 15.7. The van der Waals surface area contributed by atoms with Gasteiger partial charge in [-0.3, -0.25) is 4.72 Å². The van der Waals surface area contributed by atoms with Crippen LogP contribution < -0.4 is 10.0 Å². The summed E-state index contributed by atoms with van der Waals surface area (Å²) in [4.78, 5) is 4.45. The second-order valence-corrected chi connectivity index (χ2v) is 7.95. The van der Waals surface area contributed by atoms with E-state index >= 15 is 0 Å². The number of aromatic nitrogens is 1. The number of halogens is 1. The van der Waals surface area contributed by atoms with E-state index in [1.165, 1.54) is 6.20 Å². The Morgan fingerprint density at radius 3 is 2.27 bits per heavy atom. The lowest BCUT2D eigenvalue weighted by molar-refractivity contribution is 0.601. The van der Waals surface area contributed by atoms with Crippen molar-refractivity contribution in [2.75, 3.05) is 10.0 Å². The summed E-state index contributed by atoms with van der Waals surface area (Å²) in [6.07, 6.45) is 1.48. The van der Waals surface area contributed by atoms with Gasteiger partial charge in [0.05, 0.1) is 16.8 Å². The summed E-state index contributed by atoms with van der Waals surface area (Å²) in [6.45, 7) is 2.50. The Labute approximate surface area is 158 Å². The average Bonchev–Trinajstić information content (AvgIpc) is 2.62. The van der Waals surface area contributed by atoms with Crippen LogP contribution in [0.5, 0.6) is 0 Å². The first-order valence-corrected chi connectivity index (χ1v) is 9.82. The predicted octanol–water partition coefficient (Wildman–Crippen LogP) is 4.46. The van der Waals surface area contributed by atoms with Crippen molar-refractivity contribution in [1.29, 1.82) is 0 Å². The van der Waals surface area contributed by atoms with Gasteiger partial charge in [-0.05, 0) is 48.9 Å². The van der Waals surface area contributed by atoms with Gasteiger partial charge >= 0.3 is 0 Å². The molecule has 0 fully saturated rings. The van der Waals surface area contributed by atoms with Crippen molar-refractivity contribution in [1.82, 2.24) is 4.98 Å². The molecule has 0 aliphatic heterocycles. The number of anilines is 2. The topological polar surface area (TPSA) is 71.1 Å². The van der Waals surface area contributed by atoms with Gasteiger partial charge in [-0.15, -0.1) is 0 Å². The molecule has 5 nitrogen and oxygen atoms in total. The maximum absolute atomic E-state index is 12.4. The summed E-state index contributed by atoms with van der Waals surface area (Å²) in [5.74, 6) is 0.651. The molecule has 0 radical (unpaired) electrons. The minimum atomic E-state index is -3.63. The quantitative estimate of drug-likeness (QED) is 0.655. The zero-order valence-electron chi connectivity index (χ0n) is 14.1. The Bertz CT molecular complexity index is 971. The van der Waals surface area contributed by atoms with Crippen molar-refractivity contribution in [2.24, 2.45) is 0 Å². The van der Waals surface area contributed by atoms with Gasteiger partial charge in [-0.25, -0.2) is 13.4 Å². The highest BCUT2D eigenvalue weighted by molar-refractivity contribution is 7.92. The highest BCUT2D eigenvalue weighted by Crippen LogP contribution is 2.17. The Hall–Kier alpha value is -2.57. The Balaban J connectivity index is 1.63. The number of aryl methyl sites for hydroxylation is 1. The van der Waals surface area contributed by atoms with E-state index in [0.29, 0.717) is 23.1 Å². The molecule has 0 unspecified atom stereocenters. The molecule has 0 amide bonds. The predicted molar refractivity (Wildman–Crippen MR) is 105 cm³/mol. The second kappa shape index (κ2) is 7.76. The molecule has 0 aliphatic rings. The standard InChI is InChI=1S/C19H18ClN3O2S/c1-14-2-9-18(10-3-14)26(24,25)23-17-8-11-19(22-13-17)21-12-15-4-6-16(20)7-5-15/h2-11,13,23H,12H2,1H3,(H,21,22). The Morgan fingerprint density at radius 1 is 0.962 bits per heavy atom. The molecule has 1 aromatic heterocycles. The molecule has 0 saturated carbocycles. The maximum Gasteiger partial charge on any atom is 0.261 e. The number of hydrogen-bond acceptors (Lipinski definition) is 4. The van der Waals surface area contributed by atoms with Crippen LogP contribution in [0.15, 0.2) is 71.8 Å². The van der Waals surface area contributed by atoms with Gasteiger partial charge < -0.3 is 5.32 Å². The van der Waals surface area contributed by atoms with Crippen molar-refractivity contribution in [3.63, 3.8) is 0 Å². The largest absolute Gasteiger partial charge is 0.366 e. The van der Waals surface area contributed by atoms with Crippen molar-refractivity contribution in [2.45, 2.75) is 18.4 Å². The first-order valence-electron chi connectivity index (χ1n) is 7.96. The highest BCUT2D eigenvalue weighted by atomic mass is 35.5. The van der Waals surface area contributed by atoms with Crippen LogP contribution in [-0.2, 0) is 16.6 Å². The van der Waals surface area contributed by atoms with Crippen LogP contribution in [0.2, 0.25) is 5.02 Å². The molecule has 0 atom stereocenters. The van der Waals surface area contributed by atoms with Gasteiger partial charge in [0.25, 0.3) is 10.0 Å². The molecule has 1 heterocycles. The minimum Gasteiger partial charge on any atom is -0.366 e. The SMILES string of the molecule is Cc1ccc(S(=O)(=O)Nc2ccc(NCc3ccc(Cl)cc3)nc2)cc1. The van der Waals surface area contributed by atoms with Gasteiger partial charge in [0.1, 0.15) is 5.82 Å². The third-order valence-corrected chi connectivity index (χ3v) is 5.38. The fourth-order valence-corrected chi connectivity index (χ4v) is 3.45. The average molecular weight is 388 g/mol. The summed E-state index contributed by atoms with van der Waals surface area (Å²) < 4.78 is 27.3. The molecule has 3 aromatic rings.